The largest absolute Gasteiger partial charge is 0.482 e. The van der Waals surface area contributed by atoms with E-state index in [2.05, 4.69) is 0 Å². The second kappa shape index (κ2) is 7.25. The summed E-state index contributed by atoms with van der Waals surface area (Å²) in [4.78, 5) is 25.8. The molecular weight excluding hydrogens is 320 g/mol. The summed E-state index contributed by atoms with van der Waals surface area (Å²) in [7, 11) is 0. The normalized spacial score (nSPS) is 18.4. The molecule has 0 unspecified atom stereocenters. The molecule has 0 radical (unpaired) electrons. The summed E-state index contributed by atoms with van der Waals surface area (Å²) in [5.41, 5.74) is 5.94. The number of carbonyl (C=O) groups is 2. The number of ether oxygens (including phenoxy) is 2. The molecule has 0 aromatic heterocycles. The first kappa shape index (κ1) is 16.8. The second-order valence-corrected chi connectivity index (χ2v) is 5.85. The number of primary amides is 1. The highest BCUT2D eigenvalue weighted by atomic mass is 16.6. The third-order valence-electron chi connectivity index (χ3n) is 4.00. The Balaban J connectivity index is 1.85. The summed E-state index contributed by atoms with van der Waals surface area (Å²) < 4.78 is 11.7. The Kier molecular flexibility index (Phi) is 4.88. The van der Waals surface area contributed by atoms with E-state index in [9.17, 15) is 9.59 Å². The SMILES string of the molecule is C[C@H]1Oc2ccccc2O[C@H]1C(=O)N(CCC(N)=O)c1ccccc1. The van der Waals surface area contributed by atoms with E-state index in [-0.39, 0.29) is 18.9 Å². The van der Waals surface area contributed by atoms with E-state index in [1.807, 2.05) is 30.3 Å². The topological polar surface area (TPSA) is 81.9 Å². The van der Waals surface area contributed by atoms with Gasteiger partial charge in [0.1, 0.15) is 6.10 Å². The molecule has 0 saturated carbocycles. The monoisotopic (exact) mass is 340 g/mol. The molecule has 2 aromatic carbocycles. The summed E-state index contributed by atoms with van der Waals surface area (Å²) in [6, 6.07) is 16.4. The summed E-state index contributed by atoms with van der Waals surface area (Å²) in [6.07, 6.45) is -1.19. The average molecular weight is 340 g/mol. The van der Waals surface area contributed by atoms with E-state index in [1.165, 1.54) is 4.90 Å². The van der Waals surface area contributed by atoms with Crippen LogP contribution in [0.4, 0.5) is 5.69 Å². The molecule has 2 amide bonds. The molecule has 1 aliphatic heterocycles. The van der Waals surface area contributed by atoms with Gasteiger partial charge in [-0.05, 0) is 31.2 Å². The molecule has 2 N–H and O–H groups in total. The number of benzene rings is 2. The zero-order valence-electron chi connectivity index (χ0n) is 13.9. The number of rotatable bonds is 5. The number of para-hydroxylation sites is 3. The summed E-state index contributed by atoms with van der Waals surface area (Å²) in [5.74, 6) is 0.409. The third kappa shape index (κ3) is 3.74. The van der Waals surface area contributed by atoms with E-state index in [1.54, 1.807) is 31.2 Å². The van der Waals surface area contributed by atoms with Gasteiger partial charge in [-0.15, -0.1) is 0 Å². The van der Waals surface area contributed by atoms with Gasteiger partial charge in [-0.2, -0.15) is 0 Å². The van der Waals surface area contributed by atoms with Gasteiger partial charge in [0, 0.05) is 18.7 Å². The average Bonchev–Trinajstić information content (AvgIpc) is 2.61. The minimum Gasteiger partial charge on any atom is -0.482 e. The Morgan fingerprint density at radius 3 is 2.24 bits per heavy atom. The number of hydrogen-bond acceptors (Lipinski definition) is 4. The van der Waals surface area contributed by atoms with E-state index in [4.69, 9.17) is 15.2 Å². The van der Waals surface area contributed by atoms with Crippen molar-refractivity contribution in [2.45, 2.75) is 25.6 Å². The Morgan fingerprint density at radius 1 is 1.00 bits per heavy atom. The molecule has 0 aliphatic carbocycles. The first-order valence-electron chi connectivity index (χ1n) is 8.13. The number of amides is 2. The summed E-state index contributed by atoms with van der Waals surface area (Å²) in [6.45, 7) is 1.97. The van der Waals surface area contributed by atoms with Gasteiger partial charge in [0.25, 0.3) is 5.91 Å². The molecule has 6 heteroatoms. The van der Waals surface area contributed by atoms with Crippen molar-refractivity contribution in [1.82, 2.24) is 0 Å². The van der Waals surface area contributed by atoms with Gasteiger partial charge in [-0.3, -0.25) is 9.59 Å². The molecule has 0 spiro atoms. The van der Waals surface area contributed by atoms with Crippen molar-refractivity contribution >= 4 is 17.5 Å². The Labute approximate surface area is 146 Å². The number of anilines is 1. The lowest BCUT2D eigenvalue weighted by atomic mass is 10.1. The Bertz CT molecular complexity index is 763. The minimum absolute atomic E-state index is 0.0686. The number of carbonyl (C=O) groups excluding carboxylic acids is 2. The fourth-order valence-electron chi connectivity index (χ4n) is 2.74. The van der Waals surface area contributed by atoms with Gasteiger partial charge in [0.2, 0.25) is 12.0 Å². The van der Waals surface area contributed by atoms with Gasteiger partial charge in [-0.25, -0.2) is 0 Å². The van der Waals surface area contributed by atoms with Crippen LogP contribution in [0, 0.1) is 0 Å². The van der Waals surface area contributed by atoms with Crippen LogP contribution in [0.15, 0.2) is 54.6 Å². The van der Waals surface area contributed by atoms with Crippen LogP contribution in [0.2, 0.25) is 0 Å². The van der Waals surface area contributed by atoms with Crippen LogP contribution in [0.1, 0.15) is 13.3 Å². The number of nitrogens with zero attached hydrogens (tertiary/aromatic N) is 1. The molecule has 1 heterocycles. The van der Waals surface area contributed by atoms with Gasteiger partial charge < -0.3 is 20.1 Å². The smallest absolute Gasteiger partial charge is 0.271 e. The highest BCUT2D eigenvalue weighted by Gasteiger charge is 2.37. The highest BCUT2D eigenvalue weighted by molar-refractivity contribution is 5.98. The zero-order chi connectivity index (χ0) is 17.8. The predicted molar refractivity (Wildman–Crippen MR) is 93.6 cm³/mol. The maximum absolute atomic E-state index is 13.1. The molecule has 2 aromatic rings. The van der Waals surface area contributed by atoms with Crippen molar-refractivity contribution in [2.75, 3.05) is 11.4 Å². The molecule has 6 nitrogen and oxygen atoms in total. The van der Waals surface area contributed by atoms with Crippen molar-refractivity contribution in [2.24, 2.45) is 5.73 Å². The lowest BCUT2D eigenvalue weighted by Crippen LogP contribution is -2.51. The maximum atomic E-state index is 13.1. The molecule has 0 bridgehead atoms. The van der Waals surface area contributed by atoms with Gasteiger partial charge in [0.05, 0.1) is 0 Å². The van der Waals surface area contributed by atoms with E-state index >= 15 is 0 Å². The fraction of sp³-hybridized carbons (Fsp3) is 0.263. The lowest BCUT2D eigenvalue weighted by molar-refractivity contribution is -0.130. The van der Waals surface area contributed by atoms with Crippen molar-refractivity contribution in [3.63, 3.8) is 0 Å². The zero-order valence-corrected chi connectivity index (χ0v) is 13.9. The molecular formula is C19H20N2O4. The van der Waals surface area contributed by atoms with Crippen LogP contribution in [0.3, 0.4) is 0 Å². The van der Waals surface area contributed by atoms with Crippen LogP contribution in [-0.4, -0.2) is 30.6 Å². The number of hydrogen-bond donors (Lipinski definition) is 1. The highest BCUT2D eigenvalue weighted by Crippen LogP contribution is 2.34. The molecule has 0 fully saturated rings. The quantitative estimate of drug-likeness (QED) is 0.904. The van der Waals surface area contributed by atoms with Gasteiger partial charge in [0.15, 0.2) is 11.5 Å². The Hall–Kier alpha value is -3.02. The van der Waals surface area contributed by atoms with Crippen LogP contribution < -0.4 is 20.1 Å². The van der Waals surface area contributed by atoms with Crippen molar-refractivity contribution < 1.29 is 19.1 Å². The molecule has 0 saturated heterocycles. The van der Waals surface area contributed by atoms with Crippen molar-refractivity contribution in [3.8, 4) is 11.5 Å². The Morgan fingerprint density at radius 2 is 1.60 bits per heavy atom. The van der Waals surface area contributed by atoms with Gasteiger partial charge in [-0.1, -0.05) is 30.3 Å². The number of nitrogens with two attached hydrogens (primary N) is 1. The van der Waals surface area contributed by atoms with E-state index in [0.717, 1.165) is 0 Å². The molecule has 1 aliphatic rings. The molecule has 3 rings (SSSR count). The first-order valence-corrected chi connectivity index (χ1v) is 8.13. The predicted octanol–water partition coefficient (Wildman–Crippen LogP) is 2.12. The van der Waals surface area contributed by atoms with Crippen LogP contribution in [-0.2, 0) is 9.59 Å². The van der Waals surface area contributed by atoms with Crippen LogP contribution >= 0.6 is 0 Å². The first-order chi connectivity index (χ1) is 12.1. The van der Waals surface area contributed by atoms with Crippen molar-refractivity contribution in [1.29, 1.82) is 0 Å². The van der Waals surface area contributed by atoms with E-state index in [0.29, 0.717) is 17.2 Å². The minimum atomic E-state index is -0.803. The maximum Gasteiger partial charge on any atom is 0.271 e. The third-order valence-corrected chi connectivity index (χ3v) is 4.00. The van der Waals surface area contributed by atoms with Gasteiger partial charge >= 0.3 is 0 Å². The molecule has 130 valence electrons. The van der Waals surface area contributed by atoms with Crippen LogP contribution in [0.25, 0.3) is 0 Å². The summed E-state index contributed by atoms with van der Waals surface area (Å²) in [5, 5.41) is 0. The fourth-order valence-corrected chi connectivity index (χ4v) is 2.74. The second-order valence-electron chi connectivity index (χ2n) is 5.85. The van der Waals surface area contributed by atoms with E-state index < -0.39 is 18.1 Å². The molecule has 2 atom stereocenters. The summed E-state index contributed by atoms with van der Waals surface area (Å²) >= 11 is 0. The number of fused-ring (bicyclic) bond motifs is 1. The molecule has 25 heavy (non-hydrogen) atoms. The lowest BCUT2D eigenvalue weighted by Gasteiger charge is -2.34. The standard InChI is InChI=1S/C19H20N2O4/c1-13-18(25-16-10-6-5-9-15(16)24-13)19(23)21(12-11-17(20)22)14-7-3-2-4-8-14/h2-10,13,18H,11-12H2,1H3,(H2,20,22)/t13-,18-/m1/s1. The van der Waals surface area contributed by atoms with Crippen LogP contribution in [0.5, 0.6) is 11.5 Å². The van der Waals surface area contributed by atoms with Crippen molar-refractivity contribution in [3.05, 3.63) is 54.6 Å².